The average molecular weight is 295 g/mol. The zero-order valence-electron chi connectivity index (χ0n) is 10.6. The molecular weight excluding hydrogens is 282 g/mol. The molecule has 0 aliphatic carbocycles. The summed E-state index contributed by atoms with van der Waals surface area (Å²) in [6.07, 6.45) is 2.80. The average Bonchev–Trinajstić information content (AvgIpc) is 2.84. The summed E-state index contributed by atoms with van der Waals surface area (Å²) in [4.78, 5) is 14.5. The number of aryl methyl sites for hydroxylation is 1. The number of hydrogen-bond acceptors (Lipinski definition) is 4. The number of aromatic carboxylic acids is 1. The Morgan fingerprint density at radius 3 is 2.50 bits per heavy atom. The molecule has 1 heterocycles. The van der Waals surface area contributed by atoms with Crippen LogP contribution >= 0.6 is 0 Å². The van der Waals surface area contributed by atoms with Gasteiger partial charge in [-0.15, -0.1) is 0 Å². The molecule has 0 bridgehead atoms. The molecule has 0 saturated heterocycles. The quantitative estimate of drug-likeness (QED) is 0.841. The molecule has 0 spiro atoms. The summed E-state index contributed by atoms with van der Waals surface area (Å²) in [7, 11) is -1.99. The number of hydrogen-bond donors (Lipinski definition) is 2. The van der Waals surface area contributed by atoms with E-state index in [1.54, 1.807) is 19.2 Å². The van der Waals surface area contributed by atoms with Crippen molar-refractivity contribution in [2.24, 2.45) is 7.05 Å². The van der Waals surface area contributed by atoms with Crippen LogP contribution in [0.3, 0.4) is 0 Å². The standard InChI is InChI=1S/C12H13N3O4S/c1-15-7-11(13-8-15)20(18,19)14-6-9-2-4-10(5-3-9)12(16)17/h2-5,7-8,14H,6H2,1H3,(H,16,17). The lowest BCUT2D eigenvalue weighted by atomic mass is 10.1. The SMILES string of the molecule is Cn1cnc(S(=O)(=O)NCc2ccc(C(=O)O)cc2)c1. The molecule has 0 fully saturated rings. The Morgan fingerprint density at radius 2 is 2.00 bits per heavy atom. The predicted molar refractivity (Wildman–Crippen MR) is 70.6 cm³/mol. The highest BCUT2D eigenvalue weighted by molar-refractivity contribution is 7.89. The number of nitrogens with one attached hydrogen (secondary N) is 1. The van der Waals surface area contributed by atoms with Crippen LogP contribution in [-0.4, -0.2) is 29.0 Å². The normalized spacial score (nSPS) is 11.4. The van der Waals surface area contributed by atoms with Gasteiger partial charge >= 0.3 is 5.97 Å². The largest absolute Gasteiger partial charge is 0.478 e. The van der Waals surface area contributed by atoms with E-state index in [-0.39, 0.29) is 17.1 Å². The van der Waals surface area contributed by atoms with Crippen molar-refractivity contribution in [1.29, 1.82) is 0 Å². The van der Waals surface area contributed by atoms with Crippen LogP contribution < -0.4 is 4.72 Å². The van der Waals surface area contributed by atoms with Gasteiger partial charge in [-0.3, -0.25) is 0 Å². The van der Waals surface area contributed by atoms with Crippen molar-refractivity contribution in [2.45, 2.75) is 11.6 Å². The van der Waals surface area contributed by atoms with Gasteiger partial charge in [0.05, 0.1) is 11.9 Å². The monoisotopic (exact) mass is 295 g/mol. The van der Waals surface area contributed by atoms with Crippen molar-refractivity contribution >= 4 is 16.0 Å². The fraction of sp³-hybridized carbons (Fsp3) is 0.167. The molecule has 2 aromatic rings. The summed E-state index contributed by atoms with van der Waals surface area (Å²) in [5, 5.41) is 8.71. The van der Waals surface area contributed by atoms with Gasteiger partial charge in [0.1, 0.15) is 0 Å². The lowest BCUT2D eigenvalue weighted by molar-refractivity contribution is 0.0697. The van der Waals surface area contributed by atoms with Gasteiger partial charge in [-0.2, -0.15) is 0 Å². The molecule has 0 radical (unpaired) electrons. The lowest BCUT2D eigenvalue weighted by Gasteiger charge is -2.04. The van der Waals surface area contributed by atoms with E-state index in [1.807, 2.05) is 0 Å². The molecule has 0 aliphatic heterocycles. The van der Waals surface area contributed by atoms with Crippen molar-refractivity contribution in [2.75, 3.05) is 0 Å². The van der Waals surface area contributed by atoms with E-state index >= 15 is 0 Å². The Morgan fingerprint density at radius 1 is 1.35 bits per heavy atom. The third-order valence-electron chi connectivity index (χ3n) is 2.62. The maximum Gasteiger partial charge on any atom is 0.335 e. The smallest absolute Gasteiger partial charge is 0.335 e. The number of aromatic nitrogens is 2. The third-order valence-corrected chi connectivity index (χ3v) is 3.91. The zero-order chi connectivity index (χ0) is 14.8. The van der Waals surface area contributed by atoms with Gasteiger partial charge in [0, 0.05) is 19.8 Å². The fourth-order valence-electron chi connectivity index (χ4n) is 1.55. The zero-order valence-corrected chi connectivity index (χ0v) is 11.5. The van der Waals surface area contributed by atoms with Gasteiger partial charge in [0.2, 0.25) is 0 Å². The molecule has 20 heavy (non-hydrogen) atoms. The van der Waals surface area contributed by atoms with Crippen molar-refractivity contribution in [3.63, 3.8) is 0 Å². The molecule has 0 amide bonds. The summed E-state index contributed by atoms with van der Waals surface area (Å²) < 4.78 is 27.8. The summed E-state index contributed by atoms with van der Waals surface area (Å²) in [6, 6.07) is 5.97. The Hall–Kier alpha value is -2.19. The lowest BCUT2D eigenvalue weighted by Crippen LogP contribution is -2.23. The molecule has 1 aromatic heterocycles. The minimum Gasteiger partial charge on any atom is -0.478 e. The van der Waals surface area contributed by atoms with E-state index in [4.69, 9.17) is 5.11 Å². The minimum absolute atomic E-state index is 0.0536. The van der Waals surface area contributed by atoms with Gasteiger partial charge in [-0.25, -0.2) is 22.9 Å². The number of nitrogens with zero attached hydrogens (tertiary/aromatic N) is 2. The number of imidazole rings is 1. The van der Waals surface area contributed by atoms with E-state index in [0.29, 0.717) is 5.56 Å². The van der Waals surface area contributed by atoms with Crippen LogP contribution in [-0.2, 0) is 23.6 Å². The Kier molecular flexibility index (Phi) is 3.86. The second-order valence-electron chi connectivity index (χ2n) is 4.20. The summed E-state index contributed by atoms with van der Waals surface area (Å²) in [6.45, 7) is 0.0683. The van der Waals surface area contributed by atoms with E-state index in [1.165, 1.54) is 29.2 Å². The van der Waals surface area contributed by atoms with Crippen LogP contribution in [0.4, 0.5) is 0 Å². The first-order chi connectivity index (χ1) is 9.38. The maximum absolute atomic E-state index is 11.9. The Balaban J connectivity index is 2.06. The molecule has 0 aliphatic rings. The molecule has 1 aromatic carbocycles. The van der Waals surface area contributed by atoms with Crippen LogP contribution in [0.1, 0.15) is 15.9 Å². The molecule has 0 saturated carbocycles. The first-order valence-electron chi connectivity index (χ1n) is 5.68. The Labute approximate surface area is 115 Å². The highest BCUT2D eigenvalue weighted by Gasteiger charge is 2.16. The number of rotatable bonds is 5. The van der Waals surface area contributed by atoms with Crippen LogP contribution in [0.2, 0.25) is 0 Å². The van der Waals surface area contributed by atoms with E-state index in [9.17, 15) is 13.2 Å². The van der Waals surface area contributed by atoms with Gasteiger partial charge in [0.25, 0.3) is 10.0 Å². The van der Waals surface area contributed by atoms with E-state index < -0.39 is 16.0 Å². The molecule has 106 valence electrons. The van der Waals surface area contributed by atoms with Gasteiger partial charge < -0.3 is 9.67 Å². The number of sulfonamides is 1. The molecule has 2 N–H and O–H groups in total. The highest BCUT2D eigenvalue weighted by atomic mass is 32.2. The number of carbonyl (C=O) groups is 1. The van der Waals surface area contributed by atoms with Crippen LogP contribution in [0.15, 0.2) is 41.8 Å². The van der Waals surface area contributed by atoms with Crippen molar-refractivity contribution in [1.82, 2.24) is 14.3 Å². The molecule has 2 rings (SSSR count). The Bertz CT molecular complexity index is 719. The minimum atomic E-state index is -3.66. The fourth-order valence-corrected chi connectivity index (χ4v) is 2.54. The van der Waals surface area contributed by atoms with Crippen LogP contribution in [0.25, 0.3) is 0 Å². The van der Waals surface area contributed by atoms with Crippen LogP contribution in [0.5, 0.6) is 0 Å². The van der Waals surface area contributed by atoms with Crippen LogP contribution in [0, 0.1) is 0 Å². The summed E-state index contributed by atoms with van der Waals surface area (Å²) >= 11 is 0. The molecule has 8 heteroatoms. The topological polar surface area (TPSA) is 101 Å². The molecule has 0 unspecified atom stereocenters. The molecular formula is C12H13N3O4S. The second kappa shape index (κ2) is 5.43. The summed E-state index contributed by atoms with van der Waals surface area (Å²) in [5.74, 6) is -1.02. The molecule has 7 nitrogen and oxygen atoms in total. The predicted octanol–water partition coefficient (Wildman–Crippen LogP) is 0.597. The molecule has 0 atom stereocenters. The third kappa shape index (κ3) is 3.22. The highest BCUT2D eigenvalue weighted by Crippen LogP contribution is 2.08. The second-order valence-corrected chi connectivity index (χ2v) is 5.92. The number of carboxylic acids is 1. The first-order valence-corrected chi connectivity index (χ1v) is 7.17. The van der Waals surface area contributed by atoms with E-state index in [0.717, 1.165) is 0 Å². The first kappa shape index (κ1) is 14.2. The van der Waals surface area contributed by atoms with Crippen molar-refractivity contribution < 1.29 is 18.3 Å². The van der Waals surface area contributed by atoms with Gasteiger partial charge in [0.15, 0.2) is 5.03 Å². The van der Waals surface area contributed by atoms with Gasteiger partial charge in [-0.05, 0) is 17.7 Å². The van der Waals surface area contributed by atoms with E-state index in [2.05, 4.69) is 9.71 Å². The number of benzene rings is 1. The maximum atomic E-state index is 11.9. The van der Waals surface area contributed by atoms with Gasteiger partial charge in [-0.1, -0.05) is 12.1 Å². The van der Waals surface area contributed by atoms with Crippen molar-refractivity contribution in [3.8, 4) is 0 Å². The summed E-state index contributed by atoms with van der Waals surface area (Å²) in [5.41, 5.74) is 0.816. The van der Waals surface area contributed by atoms with Crippen molar-refractivity contribution in [3.05, 3.63) is 47.9 Å². The number of carboxylic acid groups (broad SMARTS) is 1.